The molecule has 2 heteroatoms. The molecular weight excluding hydrogens is 333 g/mol. The third-order valence-electron chi connectivity index (χ3n) is 3.02. The molecule has 3 aromatic carbocycles. The number of hydrogen-bond donors (Lipinski definition) is 0. The molecule has 0 amide bonds. The minimum absolute atomic E-state index is 0. The fraction of sp³-hybridized carbons (Fsp3) is 0.105. The summed E-state index contributed by atoms with van der Waals surface area (Å²) in [4.78, 5) is 2.06. The van der Waals surface area contributed by atoms with Crippen LogP contribution in [0.15, 0.2) is 66.7 Å². The van der Waals surface area contributed by atoms with Crippen LogP contribution in [0.1, 0.15) is 5.56 Å². The van der Waals surface area contributed by atoms with E-state index in [9.17, 15) is 0 Å². The van der Waals surface area contributed by atoms with Crippen LogP contribution in [-0.2, 0) is 26.2 Å². The number of benzene rings is 2. The van der Waals surface area contributed by atoms with Gasteiger partial charge in [-0.05, 0) is 14.1 Å². The maximum atomic E-state index is 3.90. The maximum absolute atomic E-state index is 3.90. The number of fused-ring (bicyclic) bond motifs is 1. The molecule has 3 rings (SSSR count). The van der Waals surface area contributed by atoms with Crippen LogP contribution < -0.4 is 4.90 Å². The molecule has 0 heterocycles. The number of hydrogen-bond acceptors (Lipinski definition) is 1. The normalized spacial score (nSPS) is 8.86. The van der Waals surface area contributed by atoms with Crippen molar-refractivity contribution in [3.8, 4) is 0 Å². The zero-order valence-electron chi connectivity index (χ0n) is 13.0. The van der Waals surface area contributed by atoms with Crippen molar-refractivity contribution in [2.24, 2.45) is 0 Å². The molecule has 0 bridgehead atoms. The number of para-hydroxylation sites is 1. The first kappa shape index (κ1) is 19.6. The molecule has 3 aromatic rings. The van der Waals surface area contributed by atoms with Gasteiger partial charge in [0.05, 0.1) is 0 Å². The molecule has 0 saturated carbocycles. The zero-order valence-corrected chi connectivity index (χ0v) is 15.5. The van der Waals surface area contributed by atoms with Crippen molar-refractivity contribution in [1.82, 2.24) is 0 Å². The first-order valence-corrected chi connectivity index (χ1v) is 6.37. The Morgan fingerprint density at radius 1 is 0.905 bits per heavy atom. The van der Waals surface area contributed by atoms with E-state index < -0.39 is 0 Å². The van der Waals surface area contributed by atoms with Gasteiger partial charge >= 0.3 is 26.2 Å². The molecule has 0 spiro atoms. The van der Waals surface area contributed by atoms with Crippen LogP contribution in [-0.4, -0.2) is 14.1 Å². The van der Waals surface area contributed by atoms with Crippen molar-refractivity contribution < 1.29 is 26.2 Å². The van der Waals surface area contributed by atoms with Gasteiger partial charge in [-0.3, -0.25) is 0 Å². The van der Waals surface area contributed by atoms with E-state index in [0.717, 1.165) is 5.56 Å². The molecular formula is C19H22NZr. The third-order valence-corrected chi connectivity index (χ3v) is 3.02. The van der Waals surface area contributed by atoms with Crippen LogP contribution >= 0.6 is 0 Å². The molecule has 0 unspecified atom stereocenters. The van der Waals surface area contributed by atoms with Gasteiger partial charge < -0.3 is 12.3 Å². The smallest absolute Gasteiger partial charge is 0.428 e. The molecule has 0 aromatic heterocycles. The molecule has 0 atom stereocenters. The number of anilines is 1. The molecule has 0 aliphatic carbocycles. The third kappa shape index (κ3) is 5.48. The topological polar surface area (TPSA) is 3.24 Å². The van der Waals surface area contributed by atoms with Crippen LogP contribution in [0.25, 0.3) is 10.8 Å². The Hall–Kier alpha value is -1.40. The second-order valence-corrected chi connectivity index (χ2v) is 4.68. The molecule has 0 aliphatic heterocycles. The molecule has 0 fully saturated rings. The van der Waals surface area contributed by atoms with Crippen molar-refractivity contribution in [1.29, 1.82) is 0 Å². The molecule has 107 valence electrons. The molecule has 0 aliphatic rings. The minimum Gasteiger partial charge on any atom is -0.428 e. The largest absolute Gasteiger partial charge is 3.00 e. The Labute approximate surface area is 148 Å². The van der Waals surface area contributed by atoms with Crippen molar-refractivity contribution >= 4 is 16.5 Å². The average molecular weight is 356 g/mol. The summed E-state index contributed by atoms with van der Waals surface area (Å²) in [6, 6.07) is 22.8. The van der Waals surface area contributed by atoms with Crippen LogP contribution in [0.2, 0.25) is 0 Å². The molecule has 21 heavy (non-hydrogen) atoms. The van der Waals surface area contributed by atoms with Gasteiger partial charge in [-0.1, -0.05) is 23.9 Å². The fourth-order valence-corrected chi connectivity index (χ4v) is 2.02. The standard InChI is InChI=1S/C9H12N.C9H7.CH3.Zr/c1-8-6-4-5-7-9(8)10(2)3;1-2-5-9-7-3-6-8(9)4-1;;/h4-7H,1H2,2-3H3;1-7H;1H3;/q3*-1;+3. The first-order chi connectivity index (χ1) is 9.18. The van der Waals surface area contributed by atoms with E-state index in [0.29, 0.717) is 0 Å². The van der Waals surface area contributed by atoms with E-state index in [4.69, 9.17) is 0 Å². The summed E-state index contributed by atoms with van der Waals surface area (Å²) in [5.74, 6) is 0. The number of rotatable bonds is 1. The predicted molar refractivity (Wildman–Crippen MR) is 91.2 cm³/mol. The first-order valence-electron chi connectivity index (χ1n) is 6.37. The van der Waals surface area contributed by atoms with Gasteiger partial charge in [0.2, 0.25) is 0 Å². The van der Waals surface area contributed by atoms with Crippen molar-refractivity contribution in [3.05, 3.63) is 86.6 Å². The van der Waals surface area contributed by atoms with Crippen LogP contribution in [0.3, 0.4) is 0 Å². The van der Waals surface area contributed by atoms with E-state index in [2.05, 4.69) is 60.4 Å². The predicted octanol–water partition coefficient (Wildman–Crippen LogP) is 4.94. The summed E-state index contributed by atoms with van der Waals surface area (Å²) in [7, 11) is 4.04. The second-order valence-electron chi connectivity index (χ2n) is 4.68. The number of nitrogens with zero attached hydrogens (tertiary/aromatic N) is 1. The quantitative estimate of drug-likeness (QED) is 0.559. The summed E-state index contributed by atoms with van der Waals surface area (Å²) < 4.78 is 0. The Bertz CT molecular complexity index is 610. The summed E-state index contributed by atoms with van der Waals surface area (Å²) in [6.07, 6.45) is 0. The van der Waals surface area contributed by atoms with E-state index in [1.54, 1.807) is 0 Å². The van der Waals surface area contributed by atoms with E-state index in [1.807, 2.05) is 32.3 Å². The summed E-state index contributed by atoms with van der Waals surface area (Å²) in [5.41, 5.74) is 2.26. The van der Waals surface area contributed by atoms with Gasteiger partial charge in [0.15, 0.2) is 0 Å². The van der Waals surface area contributed by atoms with E-state index in [1.165, 1.54) is 16.5 Å². The molecule has 0 N–H and O–H groups in total. The van der Waals surface area contributed by atoms with Crippen LogP contribution in [0, 0.1) is 14.4 Å². The molecule has 1 radical (unpaired) electrons. The van der Waals surface area contributed by atoms with E-state index >= 15 is 0 Å². The van der Waals surface area contributed by atoms with E-state index in [-0.39, 0.29) is 33.6 Å². The van der Waals surface area contributed by atoms with Crippen molar-refractivity contribution in [3.63, 3.8) is 0 Å². The van der Waals surface area contributed by atoms with Gasteiger partial charge in [0.1, 0.15) is 0 Å². The van der Waals surface area contributed by atoms with Crippen LogP contribution in [0.4, 0.5) is 5.69 Å². The minimum atomic E-state index is 0. The van der Waals surface area contributed by atoms with Gasteiger partial charge in [0.25, 0.3) is 0 Å². The summed E-state index contributed by atoms with van der Waals surface area (Å²) in [5, 5.41) is 2.66. The zero-order chi connectivity index (χ0) is 13.7. The van der Waals surface area contributed by atoms with Crippen molar-refractivity contribution in [2.45, 2.75) is 0 Å². The van der Waals surface area contributed by atoms with Gasteiger partial charge in [0, 0.05) is 0 Å². The molecule has 1 nitrogen and oxygen atoms in total. The van der Waals surface area contributed by atoms with Gasteiger partial charge in [-0.15, -0.1) is 35.7 Å². The Morgan fingerprint density at radius 2 is 1.52 bits per heavy atom. The van der Waals surface area contributed by atoms with Gasteiger partial charge in [-0.2, -0.15) is 36.1 Å². The maximum Gasteiger partial charge on any atom is 3.00 e. The second kappa shape index (κ2) is 9.52. The summed E-state index contributed by atoms with van der Waals surface area (Å²) in [6.45, 7) is 3.90. The van der Waals surface area contributed by atoms with Gasteiger partial charge in [-0.25, -0.2) is 0 Å². The summed E-state index contributed by atoms with van der Waals surface area (Å²) >= 11 is 0. The Morgan fingerprint density at radius 3 is 2.10 bits per heavy atom. The van der Waals surface area contributed by atoms with Crippen LogP contribution in [0.5, 0.6) is 0 Å². The average Bonchev–Trinajstić information content (AvgIpc) is 2.88. The Balaban J connectivity index is 0.000000348. The SMILES string of the molecule is [CH2-]c1ccccc1N(C)C.[CH3-].[Zr+3].c1ccc2[cH-]ccc2c1. The Kier molecular flexibility index (Phi) is 8.89. The molecule has 0 saturated heterocycles. The monoisotopic (exact) mass is 354 g/mol. The van der Waals surface area contributed by atoms with Crippen molar-refractivity contribution in [2.75, 3.05) is 19.0 Å². The fourth-order valence-electron chi connectivity index (χ4n) is 2.02.